The molecule has 0 heterocycles. The first-order chi connectivity index (χ1) is 9.88. The smallest absolute Gasteiger partial charge is 0.335 e. The molecular formula is C17H26O4. The summed E-state index contributed by atoms with van der Waals surface area (Å²) in [5, 5.41) is 9.50. The van der Waals surface area contributed by atoms with Crippen molar-refractivity contribution in [2.75, 3.05) is 13.2 Å². The summed E-state index contributed by atoms with van der Waals surface area (Å²) in [4.78, 5) is 12.1. The lowest BCUT2D eigenvalue weighted by atomic mass is 10.1. The Morgan fingerprint density at radius 2 is 1.81 bits per heavy atom. The maximum Gasteiger partial charge on any atom is 0.335 e. The monoisotopic (exact) mass is 294 g/mol. The van der Waals surface area contributed by atoms with E-state index in [1.165, 1.54) is 0 Å². The maximum absolute atomic E-state index is 12.1. The summed E-state index contributed by atoms with van der Waals surface area (Å²) in [6, 6.07) is 6.86. The summed E-state index contributed by atoms with van der Waals surface area (Å²) in [6.45, 7) is 8.94. The van der Waals surface area contributed by atoms with E-state index in [9.17, 15) is 9.90 Å². The van der Waals surface area contributed by atoms with Gasteiger partial charge in [-0.2, -0.15) is 0 Å². The van der Waals surface area contributed by atoms with Gasteiger partial charge in [0.05, 0.1) is 13.2 Å². The zero-order valence-corrected chi connectivity index (χ0v) is 13.3. The Kier molecular flexibility index (Phi) is 7.23. The summed E-state index contributed by atoms with van der Waals surface area (Å²) in [7, 11) is 0. The first-order valence-electron chi connectivity index (χ1n) is 7.44. The summed E-state index contributed by atoms with van der Waals surface area (Å²) in [6.07, 6.45) is -0.231. The molecule has 118 valence electrons. The first kappa shape index (κ1) is 17.5. The molecule has 0 aliphatic heterocycles. The van der Waals surface area contributed by atoms with Crippen molar-refractivity contribution < 1.29 is 19.4 Å². The summed E-state index contributed by atoms with van der Waals surface area (Å²) >= 11 is 0. The van der Waals surface area contributed by atoms with Gasteiger partial charge < -0.3 is 14.6 Å². The molecule has 1 aromatic rings. The molecule has 1 atom stereocenters. The number of carbonyl (C=O) groups excluding carboxylic acids is 1. The molecule has 1 unspecified atom stereocenters. The predicted octanol–water partition coefficient (Wildman–Crippen LogP) is 3.18. The van der Waals surface area contributed by atoms with Gasteiger partial charge in [0, 0.05) is 6.42 Å². The van der Waals surface area contributed by atoms with Gasteiger partial charge in [0.2, 0.25) is 0 Å². The van der Waals surface area contributed by atoms with Crippen LogP contribution >= 0.6 is 0 Å². The Morgan fingerprint density at radius 1 is 1.14 bits per heavy atom. The Hall–Kier alpha value is -1.55. The fraction of sp³-hybridized carbons (Fsp3) is 0.588. The van der Waals surface area contributed by atoms with E-state index in [2.05, 4.69) is 0 Å². The zero-order chi connectivity index (χ0) is 15.8. The number of esters is 1. The highest BCUT2D eigenvalue weighted by atomic mass is 16.6. The highest BCUT2D eigenvalue weighted by molar-refractivity contribution is 5.75. The van der Waals surface area contributed by atoms with Gasteiger partial charge >= 0.3 is 5.97 Å². The molecule has 0 aliphatic rings. The third-order valence-electron chi connectivity index (χ3n) is 2.78. The molecule has 0 fully saturated rings. The molecule has 21 heavy (non-hydrogen) atoms. The fourth-order valence-electron chi connectivity index (χ4n) is 1.76. The van der Waals surface area contributed by atoms with Gasteiger partial charge in [-0.25, -0.2) is 4.79 Å². The minimum absolute atomic E-state index is 0.186. The van der Waals surface area contributed by atoms with Crippen molar-refractivity contribution in [1.29, 1.82) is 0 Å². The minimum atomic E-state index is -0.632. The van der Waals surface area contributed by atoms with Crippen molar-refractivity contribution in [2.24, 2.45) is 11.8 Å². The lowest BCUT2D eigenvalue weighted by Crippen LogP contribution is -2.31. The zero-order valence-electron chi connectivity index (χ0n) is 13.3. The number of aromatic hydroxyl groups is 1. The Labute approximate surface area is 127 Å². The fourth-order valence-corrected chi connectivity index (χ4v) is 1.76. The molecule has 0 aliphatic carbocycles. The highest BCUT2D eigenvalue weighted by Gasteiger charge is 2.22. The van der Waals surface area contributed by atoms with E-state index in [4.69, 9.17) is 9.47 Å². The normalized spacial score (nSPS) is 12.7. The number of ether oxygens (including phenoxy) is 2. The van der Waals surface area contributed by atoms with Crippen LogP contribution in [0.5, 0.6) is 5.75 Å². The molecule has 1 N–H and O–H groups in total. The lowest BCUT2D eigenvalue weighted by molar-refractivity contribution is -0.159. The molecule has 0 amide bonds. The van der Waals surface area contributed by atoms with Crippen LogP contribution in [0, 0.1) is 11.8 Å². The van der Waals surface area contributed by atoms with Crippen molar-refractivity contribution >= 4 is 5.97 Å². The molecule has 1 rings (SSSR count). The van der Waals surface area contributed by atoms with E-state index < -0.39 is 6.10 Å². The maximum atomic E-state index is 12.1. The molecule has 0 bridgehead atoms. The van der Waals surface area contributed by atoms with Gasteiger partial charge in [-0.15, -0.1) is 0 Å². The van der Waals surface area contributed by atoms with Crippen molar-refractivity contribution in [3.63, 3.8) is 0 Å². The molecule has 4 heteroatoms. The number of hydrogen-bond donors (Lipinski definition) is 1. The average molecular weight is 294 g/mol. The number of phenolic OH excluding ortho intramolecular Hbond substituents is 1. The molecule has 0 radical (unpaired) electrons. The second-order valence-corrected chi connectivity index (χ2v) is 6.11. The third kappa shape index (κ3) is 7.14. The van der Waals surface area contributed by atoms with Gasteiger partial charge in [-0.3, -0.25) is 0 Å². The number of benzene rings is 1. The van der Waals surface area contributed by atoms with E-state index >= 15 is 0 Å². The SMILES string of the molecule is CC(C)COC(=O)C(Cc1cccc(O)c1)OCC(C)C. The third-order valence-corrected chi connectivity index (χ3v) is 2.78. The van der Waals surface area contributed by atoms with Gasteiger partial charge in [0.1, 0.15) is 5.75 Å². The Morgan fingerprint density at radius 3 is 2.38 bits per heavy atom. The van der Waals surface area contributed by atoms with Crippen LogP contribution in [0.4, 0.5) is 0 Å². The van der Waals surface area contributed by atoms with E-state index in [0.29, 0.717) is 31.5 Å². The van der Waals surface area contributed by atoms with Crippen molar-refractivity contribution in [3.8, 4) is 5.75 Å². The second-order valence-electron chi connectivity index (χ2n) is 6.11. The van der Waals surface area contributed by atoms with E-state index in [1.54, 1.807) is 18.2 Å². The van der Waals surface area contributed by atoms with Crippen LogP contribution in [0.3, 0.4) is 0 Å². The van der Waals surface area contributed by atoms with Crippen LogP contribution in [0.15, 0.2) is 24.3 Å². The molecule has 0 saturated carbocycles. The second kappa shape index (κ2) is 8.67. The van der Waals surface area contributed by atoms with Crippen LogP contribution in [0.2, 0.25) is 0 Å². The lowest BCUT2D eigenvalue weighted by Gasteiger charge is -2.19. The van der Waals surface area contributed by atoms with Gasteiger partial charge in [-0.05, 0) is 29.5 Å². The van der Waals surface area contributed by atoms with E-state index in [-0.39, 0.29) is 11.7 Å². The Bertz CT molecular complexity index is 440. The largest absolute Gasteiger partial charge is 0.508 e. The molecule has 4 nitrogen and oxygen atoms in total. The molecular weight excluding hydrogens is 268 g/mol. The number of carbonyl (C=O) groups is 1. The summed E-state index contributed by atoms with van der Waals surface area (Å²) in [5.74, 6) is 0.480. The van der Waals surface area contributed by atoms with Gasteiger partial charge in [0.15, 0.2) is 6.10 Å². The van der Waals surface area contributed by atoms with Crippen LogP contribution < -0.4 is 0 Å². The molecule has 0 saturated heterocycles. The predicted molar refractivity (Wildman–Crippen MR) is 82.2 cm³/mol. The molecule has 1 aromatic carbocycles. The van der Waals surface area contributed by atoms with Crippen LogP contribution in [0.25, 0.3) is 0 Å². The summed E-state index contributed by atoms with van der Waals surface area (Å²) < 4.78 is 11.0. The van der Waals surface area contributed by atoms with Crippen molar-refractivity contribution in [3.05, 3.63) is 29.8 Å². The van der Waals surface area contributed by atoms with Crippen LogP contribution in [-0.2, 0) is 20.7 Å². The number of rotatable bonds is 8. The van der Waals surface area contributed by atoms with Crippen molar-refractivity contribution in [2.45, 2.75) is 40.2 Å². The first-order valence-corrected chi connectivity index (χ1v) is 7.44. The van der Waals surface area contributed by atoms with Crippen LogP contribution in [-0.4, -0.2) is 30.4 Å². The number of phenols is 1. The van der Waals surface area contributed by atoms with E-state index in [0.717, 1.165) is 5.56 Å². The van der Waals surface area contributed by atoms with Gasteiger partial charge in [0.25, 0.3) is 0 Å². The quantitative estimate of drug-likeness (QED) is 0.748. The average Bonchev–Trinajstić information content (AvgIpc) is 2.40. The van der Waals surface area contributed by atoms with E-state index in [1.807, 2.05) is 33.8 Å². The van der Waals surface area contributed by atoms with Gasteiger partial charge in [-0.1, -0.05) is 39.8 Å². The minimum Gasteiger partial charge on any atom is -0.508 e. The van der Waals surface area contributed by atoms with Crippen molar-refractivity contribution in [1.82, 2.24) is 0 Å². The molecule has 0 aromatic heterocycles. The summed E-state index contributed by atoms with van der Waals surface area (Å²) in [5.41, 5.74) is 0.852. The highest BCUT2D eigenvalue weighted by Crippen LogP contribution is 2.15. The number of hydrogen-bond acceptors (Lipinski definition) is 4. The van der Waals surface area contributed by atoms with Crippen LogP contribution in [0.1, 0.15) is 33.3 Å². The Balaban J connectivity index is 2.69. The molecule has 0 spiro atoms. The standard InChI is InChI=1S/C17H26O4/c1-12(2)10-20-16(17(19)21-11-13(3)4)9-14-6-5-7-15(18)8-14/h5-8,12-13,16,18H,9-11H2,1-4H3. The topological polar surface area (TPSA) is 55.8 Å².